The molecular formula is C18H16ClF2N3O4. The highest BCUT2D eigenvalue weighted by Crippen LogP contribution is 2.22. The number of rotatable bonds is 6. The molecule has 0 aliphatic carbocycles. The molecule has 0 aromatic heterocycles. The van der Waals surface area contributed by atoms with Crippen LogP contribution in [0.3, 0.4) is 0 Å². The van der Waals surface area contributed by atoms with E-state index in [2.05, 4.69) is 4.99 Å². The number of halogens is 3. The van der Waals surface area contributed by atoms with E-state index in [1.165, 1.54) is 12.1 Å². The summed E-state index contributed by atoms with van der Waals surface area (Å²) in [7, 11) is 0. The van der Waals surface area contributed by atoms with Gasteiger partial charge in [-0.2, -0.15) is 0 Å². The summed E-state index contributed by atoms with van der Waals surface area (Å²) < 4.78 is 33.2. The highest BCUT2D eigenvalue weighted by molar-refractivity contribution is 6.30. The molecule has 0 amide bonds. The van der Waals surface area contributed by atoms with Gasteiger partial charge in [0, 0.05) is 16.7 Å². The van der Waals surface area contributed by atoms with Crippen molar-refractivity contribution in [3.8, 4) is 0 Å². The number of nitrogens with one attached hydrogen (secondary N) is 1. The molecule has 2 unspecified atom stereocenters. The molecule has 0 spiro atoms. The van der Waals surface area contributed by atoms with Crippen LogP contribution in [0.2, 0.25) is 5.02 Å². The van der Waals surface area contributed by atoms with Crippen molar-refractivity contribution in [1.82, 2.24) is 0 Å². The Morgan fingerprint density at radius 2 is 1.86 bits per heavy atom. The standard InChI is InChI=1S/C18H15ClF2N2O.NO3/c19-14-3-1-13(2-4-14)11-24-18(10-23-8-7-22-12-23)16-6-5-15(20)9-17(16)21;2-1(3)4/h1-9,12,18H,10-11H2;/q;-1/p+1. The Hall–Kier alpha value is -2.88. The average molecular weight is 412 g/mol. The SMILES string of the molecule is Fc1ccc(C(C[NH+]2C=CN=C2)OCc2ccc(Cl)cc2)c(F)c1.O=[N+]([O-])[O-]. The molecule has 3 rings (SSSR count). The zero-order valence-corrected chi connectivity index (χ0v) is 15.2. The quantitative estimate of drug-likeness (QED) is 0.584. The van der Waals surface area contributed by atoms with E-state index in [0.717, 1.165) is 16.5 Å². The summed E-state index contributed by atoms with van der Waals surface area (Å²) in [5.74, 6) is -1.22. The molecule has 0 radical (unpaired) electrons. The molecular weight excluding hydrogens is 396 g/mol. The Kier molecular flexibility index (Phi) is 8.00. The first kappa shape index (κ1) is 21.4. The van der Waals surface area contributed by atoms with Gasteiger partial charge in [-0.15, -0.1) is 0 Å². The van der Waals surface area contributed by atoms with Crippen LogP contribution in [0.4, 0.5) is 8.78 Å². The number of aliphatic imine (C=N–C) groups is 1. The Bertz CT molecular complexity index is 846. The second kappa shape index (κ2) is 10.5. The van der Waals surface area contributed by atoms with Gasteiger partial charge in [-0.25, -0.2) is 13.8 Å². The van der Waals surface area contributed by atoms with Crippen molar-refractivity contribution < 1.29 is 23.5 Å². The van der Waals surface area contributed by atoms with Gasteiger partial charge >= 0.3 is 0 Å². The summed E-state index contributed by atoms with van der Waals surface area (Å²) in [6, 6.07) is 10.8. The van der Waals surface area contributed by atoms with Crippen LogP contribution in [-0.4, -0.2) is 18.0 Å². The van der Waals surface area contributed by atoms with Gasteiger partial charge in [0.05, 0.1) is 17.9 Å². The smallest absolute Gasteiger partial charge is 0.193 e. The van der Waals surface area contributed by atoms with E-state index in [1.807, 2.05) is 18.3 Å². The number of nitrogens with zero attached hydrogens (tertiary/aromatic N) is 2. The predicted molar refractivity (Wildman–Crippen MR) is 99.2 cm³/mol. The van der Waals surface area contributed by atoms with Gasteiger partial charge in [0.15, 0.2) is 6.34 Å². The zero-order valence-electron chi connectivity index (χ0n) is 14.4. The monoisotopic (exact) mass is 411 g/mol. The van der Waals surface area contributed by atoms with E-state index in [1.54, 1.807) is 24.7 Å². The molecule has 28 heavy (non-hydrogen) atoms. The fourth-order valence-electron chi connectivity index (χ4n) is 2.45. The third kappa shape index (κ3) is 7.03. The largest absolute Gasteiger partial charge is 0.363 e. The molecule has 10 heteroatoms. The number of quaternary nitrogens is 1. The van der Waals surface area contributed by atoms with Crippen LogP contribution in [0.5, 0.6) is 0 Å². The molecule has 1 heterocycles. The lowest BCUT2D eigenvalue weighted by Gasteiger charge is -2.20. The number of hydrogen-bond acceptors (Lipinski definition) is 5. The minimum Gasteiger partial charge on any atom is -0.363 e. The number of benzene rings is 2. The van der Waals surface area contributed by atoms with Crippen LogP contribution in [0, 0.1) is 27.0 Å². The summed E-state index contributed by atoms with van der Waals surface area (Å²) in [6.45, 7) is 0.753. The van der Waals surface area contributed by atoms with E-state index in [9.17, 15) is 8.78 Å². The Morgan fingerprint density at radius 3 is 2.43 bits per heavy atom. The normalized spacial score (nSPS) is 15.8. The molecule has 7 nitrogen and oxygen atoms in total. The molecule has 1 aliphatic heterocycles. The van der Waals surface area contributed by atoms with Crippen LogP contribution in [0.1, 0.15) is 17.2 Å². The first-order valence-electron chi connectivity index (χ1n) is 8.03. The van der Waals surface area contributed by atoms with E-state index in [0.29, 0.717) is 23.7 Å². The van der Waals surface area contributed by atoms with Crippen molar-refractivity contribution in [3.05, 3.63) is 98.0 Å². The van der Waals surface area contributed by atoms with Crippen LogP contribution in [-0.2, 0) is 11.3 Å². The molecule has 2 aromatic rings. The van der Waals surface area contributed by atoms with Crippen LogP contribution in [0.15, 0.2) is 59.9 Å². The van der Waals surface area contributed by atoms with Gasteiger partial charge < -0.3 is 20.1 Å². The first-order chi connectivity index (χ1) is 13.3. The highest BCUT2D eigenvalue weighted by atomic mass is 35.5. The zero-order chi connectivity index (χ0) is 20.5. The maximum atomic E-state index is 14.2. The third-order valence-electron chi connectivity index (χ3n) is 3.71. The summed E-state index contributed by atoms with van der Waals surface area (Å²) in [6.07, 6.45) is 4.69. The van der Waals surface area contributed by atoms with Gasteiger partial charge in [0.2, 0.25) is 0 Å². The molecule has 2 atom stereocenters. The fraction of sp³-hybridized carbons (Fsp3) is 0.167. The predicted octanol–water partition coefficient (Wildman–Crippen LogP) is 3.04. The summed E-state index contributed by atoms with van der Waals surface area (Å²) in [5.41, 5.74) is 1.25. The lowest BCUT2D eigenvalue weighted by molar-refractivity contribution is -0.742. The number of hydrogen-bond donors (Lipinski definition) is 1. The van der Waals surface area contributed by atoms with Crippen molar-refractivity contribution in [2.24, 2.45) is 4.99 Å². The van der Waals surface area contributed by atoms with Crippen molar-refractivity contribution in [3.63, 3.8) is 0 Å². The summed E-state index contributed by atoms with van der Waals surface area (Å²) >= 11 is 5.87. The van der Waals surface area contributed by atoms with Crippen molar-refractivity contribution in [2.45, 2.75) is 12.7 Å². The highest BCUT2D eigenvalue weighted by Gasteiger charge is 2.23. The average Bonchev–Trinajstić information content (AvgIpc) is 3.13. The lowest BCUT2D eigenvalue weighted by atomic mass is 10.1. The van der Waals surface area contributed by atoms with Crippen LogP contribution >= 0.6 is 11.6 Å². The second-order valence-electron chi connectivity index (χ2n) is 5.69. The second-order valence-corrected chi connectivity index (χ2v) is 6.12. The topological polar surface area (TPSA) is 92.2 Å². The van der Waals surface area contributed by atoms with E-state index in [-0.39, 0.29) is 0 Å². The summed E-state index contributed by atoms with van der Waals surface area (Å²) in [5, 5.41) is 15.4. The van der Waals surface area contributed by atoms with E-state index < -0.39 is 22.8 Å². The minimum atomic E-state index is -1.75. The molecule has 0 fully saturated rings. The molecule has 1 aliphatic rings. The van der Waals surface area contributed by atoms with Crippen molar-refractivity contribution in [2.75, 3.05) is 6.54 Å². The van der Waals surface area contributed by atoms with E-state index >= 15 is 0 Å². The molecule has 1 N–H and O–H groups in total. The lowest BCUT2D eigenvalue weighted by Crippen LogP contribution is -3.06. The molecule has 148 valence electrons. The van der Waals surface area contributed by atoms with Gasteiger partial charge in [0.25, 0.3) is 0 Å². The van der Waals surface area contributed by atoms with Gasteiger partial charge in [-0.05, 0) is 23.8 Å². The molecule has 0 saturated carbocycles. The maximum Gasteiger partial charge on any atom is 0.193 e. The Labute approximate surface area is 164 Å². The van der Waals surface area contributed by atoms with Gasteiger partial charge in [-0.3, -0.25) is 4.90 Å². The first-order valence-corrected chi connectivity index (χ1v) is 8.41. The molecule has 2 aromatic carbocycles. The summed E-state index contributed by atoms with van der Waals surface area (Å²) in [4.78, 5) is 13.2. The minimum absolute atomic E-state index is 0.298. The van der Waals surface area contributed by atoms with Crippen LogP contribution in [0.25, 0.3) is 0 Å². The maximum absolute atomic E-state index is 14.2. The number of ether oxygens (including phenoxy) is 1. The molecule has 0 bridgehead atoms. The Balaban J connectivity index is 0.000000640. The van der Waals surface area contributed by atoms with Crippen LogP contribution < -0.4 is 4.90 Å². The van der Waals surface area contributed by atoms with Crippen molar-refractivity contribution >= 4 is 17.9 Å². The van der Waals surface area contributed by atoms with Gasteiger partial charge in [-0.1, -0.05) is 29.8 Å². The van der Waals surface area contributed by atoms with Crippen molar-refractivity contribution in [1.29, 1.82) is 0 Å². The fourth-order valence-corrected chi connectivity index (χ4v) is 2.58. The molecule has 0 saturated heterocycles. The Morgan fingerprint density at radius 1 is 1.18 bits per heavy atom. The van der Waals surface area contributed by atoms with Gasteiger partial charge in [0.1, 0.15) is 30.5 Å². The van der Waals surface area contributed by atoms with E-state index in [4.69, 9.17) is 31.7 Å². The third-order valence-corrected chi connectivity index (χ3v) is 3.96.